The van der Waals surface area contributed by atoms with Crippen molar-refractivity contribution in [1.29, 1.82) is 0 Å². The van der Waals surface area contributed by atoms with Crippen molar-refractivity contribution >= 4 is 12.4 Å². The van der Waals surface area contributed by atoms with E-state index in [1.54, 1.807) is 19.5 Å². The van der Waals surface area contributed by atoms with Gasteiger partial charge >= 0.3 is 0 Å². The van der Waals surface area contributed by atoms with Crippen molar-refractivity contribution in [3.63, 3.8) is 0 Å². The molecule has 1 heterocycles. The van der Waals surface area contributed by atoms with E-state index < -0.39 is 6.43 Å². The minimum atomic E-state index is -2.36. The molecule has 0 aliphatic rings. The van der Waals surface area contributed by atoms with Crippen LogP contribution in [-0.2, 0) is 17.8 Å². The molecule has 1 aromatic heterocycles. The van der Waals surface area contributed by atoms with Gasteiger partial charge in [-0.25, -0.2) is 8.78 Å². The molecule has 0 saturated heterocycles. The zero-order valence-corrected chi connectivity index (χ0v) is 10.6. The number of hydrogen-bond acceptors (Lipinski definition) is 3. The van der Waals surface area contributed by atoms with Gasteiger partial charge in [-0.05, 0) is 13.0 Å². The first-order chi connectivity index (χ1) is 7.72. The molecular formula is C10H18ClF2N3O. The van der Waals surface area contributed by atoms with E-state index in [9.17, 15) is 8.78 Å². The lowest BCUT2D eigenvalue weighted by molar-refractivity contribution is 0.122. The van der Waals surface area contributed by atoms with Crippen LogP contribution >= 0.6 is 12.4 Å². The summed E-state index contributed by atoms with van der Waals surface area (Å²) in [5, 5.41) is 7.03. The van der Waals surface area contributed by atoms with Crippen LogP contribution in [0.4, 0.5) is 8.78 Å². The average molecular weight is 270 g/mol. The van der Waals surface area contributed by atoms with Gasteiger partial charge < -0.3 is 10.1 Å². The normalized spacial score (nSPS) is 10.6. The Labute approximate surface area is 106 Å². The van der Waals surface area contributed by atoms with Crippen LogP contribution < -0.4 is 5.32 Å². The third-order valence-electron chi connectivity index (χ3n) is 2.04. The molecule has 0 aliphatic heterocycles. The highest BCUT2D eigenvalue weighted by molar-refractivity contribution is 5.85. The minimum Gasteiger partial charge on any atom is -0.385 e. The second-order valence-electron chi connectivity index (χ2n) is 3.48. The first kappa shape index (κ1) is 16.3. The molecule has 0 fully saturated rings. The molecule has 0 saturated carbocycles. The Kier molecular flexibility index (Phi) is 8.93. The molecule has 0 atom stereocenters. The summed E-state index contributed by atoms with van der Waals surface area (Å²) in [6.07, 6.45) is 1.81. The highest BCUT2D eigenvalue weighted by atomic mass is 35.5. The van der Waals surface area contributed by atoms with Gasteiger partial charge in [0.05, 0.1) is 6.20 Å². The Morgan fingerprint density at radius 3 is 2.94 bits per heavy atom. The van der Waals surface area contributed by atoms with Gasteiger partial charge in [-0.15, -0.1) is 12.4 Å². The van der Waals surface area contributed by atoms with E-state index in [1.807, 2.05) is 0 Å². The predicted octanol–water partition coefficient (Wildman–Crippen LogP) is 1.70. The lowest BCUT2D eigenvalue weighted by Crippen LogP contribution is -2.15. The average Bonchev–Trinajstić information content (AvgIpc) is 2.64. The number of nitrogens with one attached hydrogen (secondary N) is 1. The fraction of sp³-hybridized carbons (Fsp3) is 0.700. The van der Waals surface area contributed by atoms with Gasteiger partial charge in [0.15, 0.2) is 0 Å². The van der Waals surface area contributed by atoms with Crippen LogP contribution in [0.5, 0.6) is 0 Å². The number of aromatic nitrogens is 2. The maximum Gasteiger partial charge on any atom is 0.257 e. The van der Waals surface area contributed by atoms with Gasteiger partial charge in [0.1, 0.15) is 6.54 Å². The second-order valence-corrected chi connectivity index (χ2v) is 3.48. The van der Waals surface area contributed by atoms with Crippen molar-refractivity contribution < 1.29 is 13.5 Å². The van der Waals surface area contributed by atoms with Crippen LogP contribution in [0.2, 0.25) is 0 Å². The molecule has 0 spiro atoms. The molecule has 0 aromatic carbocycles. The summed E-state index contributed by atoms with van der Waals surface area (Å²) in [5.74, 6) is 0. The van der Waals surface area contributed by atoms with E-state index in [2.05, 4.69) is 10.4 Å². The molecule has 4 nitrogen and oxygen atoms in total. The summed E-state index contributed by atoms with van der Waals surface area (Å²) in [4.78, 5) is 0. The summed E-state index contributed by atoms with van der Waals surface area (Å²) in [5.41, 5.74) is 0.915. The van der Waals surface area contributed by atoms with Gasteiger partial charge in [-0.2, -0.15) is 5.10 Å². The van der Waals surface area contributed by atoms with E-state index in [1.165, 1.54) is 4.68 Å². The third-order valence-corrected chi connectivity index (χ3v) is 2.04. The summed E-state index contributed by atoms with van der Waals surface area (Å²) in [7, 11) is 1.66. The Morgan fingerprint density at radius 2 is 2.29 bits per heavy atom. The fourth-order valence-corrected chi connectivity index (χ4v) is 1.31. The lowest BCUT2D eigenvalue weighted by atomic mass is 10.3. The molecule has 17 heavy (non-hydrogen) atoms. The first-order valence-electron chi connectivity index (χ1n) is 5.21. The Morgan fingerprint density at radius 1 is 1.53 bits per heavy atom. The van der Waals surface area contributed by atoms with Gasteiger partial charge in [0, 0.05) is 32.0 Å². The zero-order chi connectivity index (χ0) is 11.8. The van der Waals surface area contributed by atoms with Crippen LogP contribution in [0.25, 0.3) is 0 Å². The summed E-state index contributed by atoms with van der Waals surface area (Å²) in [6, 6.07) is 0. The lowest BCUT2D eigenvalue weighted by Gasteiger charge is -2.02. The van der Waals surface area contributed by atoms with Gasteiger partial charge in [-0.3, -0.25) is 4.68 Å². The van der Waals surface area contributed by atoms with Gasteiger partial charge in [-0.1, -0.05) is 0 Å². The van der Waals surface area contributed by atoms with E-state index in [-0.39, 0.29) is 19.0 Å². The molecule has 0 radical (unpaired) electrons. The number of hydrogen-bond donors (Lipinski definition) is 1. The van der Waals surface area contributed by atoms with E-state index in [0.717, 1.165) is 25.1 Å². The van der Waals surface area contributed by atoms with Crippen LogP contribution in [0.15, 0.2) is 12.4 Å². The van der Waals surface area contributed by atoms with Crippen molar-refractivity contribution in [2.24, 2.45) is 0 Å². The Balaban J connectivity index is 0.00000256. The number of nitrogens with zero attached hydrogens (tertiary/aromatic N) is 2. The number of methoxy groups -OCH3 is 1. The molecule has 0 unspecified atom stereocenters. The largest absolute Gasteiger partial charge is 0.385 e. The fourth-order valence-electron chi connectivity index (χ4n) is 1.31. The van der Waals surface area contributed by atoms with E-state index in [0.29, 0.717) is 6.54 Å². The molecule has 0 bridgehead atoms. The summed E-state index contributed by atoms with van der Waals surface area (Å²) < 4.78 is 30.2. The van der Waals surface area contributed by atoms with Crippen molar-refractivity contribution in [3.8, 4) is 0 Å². The SMILES string of the molecule is COCCCNCc1cnn(CC(F)F)c1.Cl. The highest BCUT2D eigenvalue weighted by Crippen LogP contribution is 2.01. The minimum absolute atomic E-state index is 0. The van der Waals surface area contributed by atoms with Crippen molar-refractivity contribution in [2.75, 3.05) is 20.3 Å². The number of ether oxygens (including phenoxy) is 1. The van der Waals surface area contributed by atoms with Crippen LogP contribution in [0.1, 0.15) is 12.0 Å². The monoisotopic (exact) mass is 269 g/mol. The molecule has 7 heteroatoms. The number of rotatable bonds is 8. The van der Waals surface area contributed by atoms with Gasteiger partial charge in [0.2, 0.25) is 0 Å². The number of alkyl halides is 2. The molecule has 100 valence electrons. The molecular weight excluding hydrogens is 252 g/mol. The maximum absolute atomic E-state index is 12.0. The highest BCUT2D eigenvalue weighted by Gasteiger charge is 2.05. The Bertz CT molecular complexity index is 297. The summed E-state index contributed by atoms with van der Waals surface area (Å²) in [6.45, 7) is 1.86. The predicted molar refractivity (Wildman–Crippen MR) is 63.7 cm³/mol. The smallest absolute Gasteiger partial charge is 0.257 e. The molecule has 0 aliphatic carbocycles. The maximum atomic E-state index is 12.0. The van der Waals surface area contributed by atoms with Crippen LogP contribution in [-0.4, -0.2) is 36.5 Å². The van der Waals surface area contributed by atoms with Crippen molar-refractivity contribution in [2.45, 2.75) is 25.9 Å². The number of halogens is 3. The van der Waals surface area contributed by atoms with Crippen LogP contribution in [0, 0.1) is 0 Å². The Hall–Kier alpha value is -0.720. The topological polar surface area (TPSA) is 39.1 Å². The zero-order valence-electron chi connectivity index (χ0n) is 9.73. The van der Waals surface area contributed by atoms with E-state index in [4.69, 9.17) is 4.74 Å². The quantitative estimate of drug-likeness (QED) is 0.730. The van der Waals surface area contributed by atoms with Crippen molar-refractivity contribution in [1.82, 2.24) is 15.1 Å². The summed E-state index contributed by atoms with van der Waals surface area (Å²) >= 11 is 0. The third kappa shape index (κ3) is 7.25. The first-order valence-corrected chi connectivity index (χ1v) is 5.21. The van der Waals surface area contributed by atoms with Gasteiger partial charge in [0.25, 0.3) is 6.43 Å². The molecule has 0 amide bonds. The molecule has 1 N–H and O–H groups in total. The second kappa shape index (κ2) is 9.32. The standard InChI is InChI=1S/C10H17F2N3O.ClH/c1-16-4-2-3-13-5-9-6-14-15(7-9)8-10(11)12;/h6-7,10,13H,2-5,8H2,1H3;1H. The van der Waals surface area contributed by atoms with E-state index >= 15 is 0 Å². The molecule has 1 aromatic rings. The van der Waals surface area contributed by atoms with Crippen molar-refractivity contribution in [3.05, 3.63) is 18.0 Å². The molecule has 1 rings (SSSR count). The van der Waals surface area contributed by atoms with Crippen LogP contribution in [0.3, 0.4) is 0 Å².